The zero-order valence-electron chi connectivity index (χ0n) is 13.0. The van der Waals surface area contributed by atoms with Gasteiger partial charge in [-0.1, -0.05) is 0 Å². The smallest absolute Gasteiger partial charge is 0.251 e. The summed E-state index contributed by atoms with van der Waals surface area (Å²) in [5, 5.41) is 2.93. The Morgan fingerprint density at radius 1 is 1.45 bits per heavy atom. The van der Waals surface area contributed by atoms with Crippen LogP contribution in [0.15, 0.2) is 18.2 Å². The second kappa shape index (κ2) is 8.60. The minimum Gasteiger partial charge on any atom is -0.493 e. The van der Waals surface area contributed by atoms with Crippen LogP contribution in [0, 0.1) is 5.92 Å². The monoisotopic (exact) mass is 308 g/mol. The van der Waals surface area contributed by atoms with E-state index >= 15 is 0 Å². The Morgan fingerprint density at radius 2 is 2.32 bits per heavy atom. The lowest BCUT2D eigenvalue weighted by atomic mass is 10.1. The molecular formula is C16H24N2O4. The van der Waals surface area contributed by atoms with Crippen molar-refractivity contribution in [2.45, 2.75) is 12.8 Å². The third kappa shape index (κ3) is 4.61. The Kier molecular flexibility index (Phi) is 6.48. The third-order valence-corrected chi connectivity index (χ3v) is 3.66. The molecule has 0 radical (unpaired) electrons. The molecule has 0 spiro atoms. The van der Waals surface area contributed by atoms with Gasteiger partial charge in [0, 0.05) is 31.9 Å². The van der Waals surface area contributed by atoms with E-state index in [9.17, 15) is 4.79 Å². The predicted octanol–water partition coefficient (Wildman–Crippen LogP) is 1.19. The van der Waals surface area contributed by atoms with Crippen molar-refractivity contribution in [3.8, 4) is 11.5 Å². The number of carbonyl (C=O) groups excluding carboxylic acids is 1. The average molecular weight is 308 g/mol. The first-order valence-electron chi connectivity index (χ1n) is 7.61. The van der Waals surface area contributed by atoms with Gasteiger partial charge in [-0.05, 0) is 37.0 Å². The minimum absolute atomic E-state index is 0.112. The molecule has 1 aliphatic heterocycles. The van der Waals surface area contributed by atoms with Crippen molar-refractivity contribution in [1.82, 2.24) is 5.32 Å². The molecule has 1 aromatic carbocycles. The van der Waals surface area contributed by atoms with Crippen molar-refractivity contribution >= 4 is 5.91 Å². The molecule has 0 bridgehead atoms. The summed E-state index contributed by atoms with van der Waals surface area (Å²) < 4.78 is 16.0. The Bertz CT molecular complexity index is 487. The Morgan fingerprint density at radius 3 is 3.00 bits per heavy atom. The standard InChI is InChI=1S/C16H24N2O4/c1-20-14-3-2-13(10-15(14)22-9-6-17)16(19)18-7-4-12-5-8-21-11-12/h2-3,10,12H,4-9,11,17H2,1H3,(H,18,19)/t12-/m0/s1. The van der Waals surface area contributed by atoms with Crippen LogP contribution >= 0.6 is 0 Å². The largest absolute Gasteiger partial charge is 0.493 e. The van der Waals surface area contributed by atoms with Gasteiger partial charge in [-0.3, -0.25) is 4.79 Å². The van der Waals surface area contributed by atoms with Crippen LogP contribution in [0.2, 0.25) is 0 Å². The minimum atomic E-state index is -0.112. The molecule has 0 aromatic heterocycles. The maximum Gasteiger partial charge on any atom is 0.251 e. The fraction of sp³-hybridized carbons (Fsp3) is 0.562. The molecule has 1 aromatic rings. The quantitative estimate of drug-likeness (QED) is 0.754. The lowest BCUT2D eigenvalue weighted by Crippen LogP contribution is -2.26. The van der Waals surface area contributed by atoms with Crippen LogP contribution in [0.1, 0.15) is 23.2 Å². The molecule has 22 heavy (non-hydrogen) atoms. The number of amides is 1. The molecule has 122 valence electrons. The molecule has 1 fully saturated rings. The Hall–Kier alpha value is -1.79. The van der Waals surface area contributed by atoms with E-state index in [1.807, 2.05) is 0 Å². The number of benzene rings is 1. The summed E-state index contributed by atoms with van der Waals surface area (Å²) in [6, 6.07) is 5.14. The number of nitrogens with one attached hydrogen (secondary N) is 1. The summed E-state index contributed by atoms with van der Waals surface area (Å²) >= 11 is 0. The van der Waals surface area contributed by atoms with Crippen molar-refractivity contribution in [3.63, 3.8) is 0 Å². The van der Waals surface area contributed by atoms with Gasteiger partial charge in [0.05, 0.1) is 7.11 Å². The van der Waals surface area contributed by atoms with Crippen molar-refractivity contribution in [2.24, 2.45) is 11.7 Å². The Balaban J connectivity index is 1.90. The predicted molar refractivity (Wildman–Crippen MR) is 83.4 cm³/mol. The number of methoxy groups -OCH3 is 1. The first-order valence-corrected chi connectivity index (χ1v) is 7.61. The van der Waals surface area contributed by atoms with E-state index in [0.29, 0.717) is 42.7 Å². The van der Waals surface area contributed by atoms with Gasteiger partial charge in [-0.2, -0.15) is 0 Å². The van der Waals surface area contributed by atoms with Gasteiger partial charge in [0.15, 0.2) is 11.5 Å². The molecule has 6 heteroatoms. The maximum absolute atomic E-state index is 12.2. The highest BCUT2D eigenvalue weighted by molar-refractivity contribution is 5.94. The van der Waals surface area contributed by atoms with E-state index in [1.54, 1.807) is 25.3 Å². The number of hydrogen-bond donors (Lipinski definition) is 2. The van der Waals surface area contributed by atoms with Gasteiger partial charge >= 0.3 is 0 Å². The molecule has 1 amide bonds. The van der Waals surface area contributed by atoms with E-state index < -0.39 is 0 Å². The first kappa shape index (κ1) is 16.6. The zero-order valence-corrected chi connectivity index (χ0v) is 13.0. The molecule has 6 nitrogen and oxygen atoms in total. The van der Waals surface area contributed by atoms with Crippen LogP contribution in [-0.4, -0.2) is 45.9 Å². The van der Waals surface area contributed by atoms with Gasteiger partial charge in [0.1, 0.15) is 6.61 Å². The molecule has 0 saturated carbocycles. The topological polar surface area (TPSA) is 82.8 Å². The van der Waals surface area contributed by atoms with Crippen LogP contribution in [-0.2, 0) is 4.74 Å². The second-order valence-corrected chi connectivity index (χ2v) is 5.28. The summed E-state index contributed by atoms with van der Waals surface area (Å²) in [6.07, 6.45) is 2.02. The lowest BCUT2D eigenvalue weighted by Gasteiger charge is -2.12. The van der Waals surface area contributed by atoms with Crippen LogP contribution in [0.5, 0.6) is 11.5 Å². The van der Waals surface area contributed by atoms with Crippen molar-refractivity contribution < 1.29 is 19.0 Å². The molecular weight excluding hydrogens is 284 g/mol. The summed E-state index contributed by atoms with van der Waals surface area (Å²) in [5.41, 5.74) is 5.99. The van der Waals surface area contributed by atoms with Crippen molar-refractivity contribution in [1.29, 1.82) is 0 Å². The molecule has 0 aliphatic carbocycles. The van der Waals surface area contributed by atoms with Crippen molar-refractivity contribution in [3.05, 3.63) is 23.8 Å². The normalized spacial score (nSPS) is 17.3. The number of rotatable bonds is 8. The highest BCUT2D eigenvalue weighted by Gasteiger charge is 2.16. The van der Waals surface area contributed by atoms with E-state index in [1.165, 1.54) is 0 Å². The number of ether oxygens (including phenoxy) is 3. The molecule has 1 saturated heterocycles. The van der Waals surface area contributed by atoms with Gasteiger partial charge < -0.3 is 25.3 Å². The van der Waals surface area contributed by atoms with E-state index in [2.05, 4.69) is 5.32 Å². The zero-order chi connectivity index (χ0) is 15.8. The first-order chi connectivity index (χ1) is 10.7. The van der Waals surface area contributed by atoms with Crippen LogP contribution in [0.25, 0.3) is 0 Å². The van der Waals surface area contributed by atoms with E-state index in [0.717, 1.165) is 26.1 Å². The third-order valence-electron chi connectivity index (χ3n) is 3.66. The SMILES string of the molecule is COc1ccc(C(=O)NCC[C@H]2CCOC2)cc1OCCN. The van der Waals surface area contributed by atoms with Gasteiger partial charge in [-0.15, -0.1) is 0 Å². The van der Waals surface area contributed by atoms with E-state index in [4.69, 9.17) is 19.9 Å². The van der Waals surface area contributed by atoms with Crippen molar-refractivity contribution in [2.75, 3.05) is 40.0 Å². The highest BCUT2D eigenvalue weighted by Crippen LogP contribution is 2.28. The summed E-state index contributed by atoms with van der Waals surface area (Å²) in [5.74, 6) is 1.57. The summed E-state index contributed by atoms with van der Waals surface area (Å²) in [6.45, 7) is 3.07. The summed E-state index contributed by atoms with van der Waals surface area (Å²) in [4.78, 5) is 12.2. The second-order valence-electron chi connectivity index (χ2n) is 5.28. The molecule has 2 rings (SSSR count). The average Bonchev–Trinajstić information content (AvgIpc) is 3.05. The van der Waals surface area contributed by atoms with E-state index in [-0.39, 0.29) is 5.91 Å². The maximum atomic E-state index is 12.2. The fourth-order valence-electron chi connectivity index (χ4n) is 2.40. The molecule has 1 heterocycles. The fourth-order valence-corrected chi connectivity index (χ4v) is 2.40. The number of hydrogen-bond acceptors (Lipinski definition) is 5. The van der Waals surface area contributed by atoms with Gasteiger partial charge in [-0.25, -0.2) is 0 Å². The molecule has 1 aliphatic rings. The van der Waals surface area contributed by atoms with Gasteiger partial charge in [0.2, 0.25) is 0 Å². The number of carbonyl (C=O) groups is 1. The molecule has 1 atom stereocenters. The lowest BCUT2D eigenvalue weighted by molar-refractivity contribution is 0.0950. The Labute approximate surface area is 130 Å². The number of nitrogens with two attached hydrogens (primary N) is 1. The van der Waals surface area contributed by atoms with Crippen LogP contribution < -0.4 is 20.5 Å². The molecule has 3 N–H and O–H groups in total. The van der Waals surface area contributed by atoms with Crippen LogP contribution in [0.3, 0.4) is 0 Å². The highest BCUT2D eigenvalue weighted by atomic mass is 16.5. The van der Waals surface area contributed by atoms with Gasteiger partial charge in [0.25, 0.3) is 5.91 Å². The van der Waals surface area contributed by atoms with Crippen LogP contribution in [0.4, 0.5) is 0 Å². The summed E-state index contributed by atoms with van der Waals surface area (Å²) in [7, 11) is 1.56. The molecule has 0 unspecified atom stereocenters.